The summed E-state index contributed by atoms with van der Waals surface area (Å²) in [5.41, 5.74) is 3.93. The number of fused-ring (bicyclic) bond motifs is 1. The van der Waals surface area contributed by atoms with Crippen molar-refractivity contribution >= 4 is 34.7 Å². The molecule has 2 aromatic carbocycles. The lowest BCUT2D eigenvalue weighted by molar-refractivity contribution is -0.116. The van der Waals surface area contributed by atoms with E-state index in [9.17, 15) is 4.79 Å². The molecule has 0 fully saturated rings. The monoisotopic (exact) mass is 377 g/mol. The highest BCUT2D eigenvalue weighted by Crippen LogP contribution is 2.22. The number of H-pyrrole nitrogens is 2. The van der Waals surface area contributed by atoms with Gasteiger partial charge in [0.25, 0.3) is 0 Å². The first-order valence-corrected chi connectivity index (χ1v) is 9.11. The second-order valence-electron chi connectivity index (χ2n) is 6.41. The van der Waals surface area contributed by atoms with Crippen molar-refractivity contribution in [3.8, 4) is 11.4 Å². The Kier molecular flexibility index (Phi) is 4.60. The van der Waals surface area contributed by atoms with Gasteiger partial charge in [0.2, 0.25) is 5.91 Å². The molecule has 7 heteroatoms. The summed E-state index contributed by atoms with van der Waals surface area (Å²) in [5.74, 6) is 0.669. The summed E-state index contributed by atoms with van der Waals surface area (Å²) in [6, 6.07) is 15.8. The molecule has 6 nitrogen and oxygen atoms in total. The van der Waals surface area contributed by atoms with Crippen molar-refractivity contribution in [1.29, 1.82) is 0 Å². The van der Waals surface area contributed by atoms with E-state index < -0.39 is 0 Å². The molecule has 4 aromatic rings. The Morgan fingerprint density at radius 2 is 2.00 bits per heavy atom. The molecule has 0 aliphatic rings. The fraction of sp³-hybridized carbons (Fsp3) is 0.150. The van der Waals surface area contributed by atoms with Crippen LogP contribution in [-0.4, -0.2) is 25.7 Å². The number of carbonyl (C=O) groups excluding carboxylic acids is 1. The number of hydrogen-bond donors (Lipinski definition) is 3. The van der Waals surface area contributed by atoms with Crippen molar-refractivity contribution in [3.05, 3.63) is 65.1 Å². The van der Waals surface area contributed by atoms with Gasteiger partial charge in [-0.1, -0.05) is 35.9 Å². The predicted octanol–water partition coefficient (Wildman–Crippen LogP) is 4.43. The van der Waals surface area contributed by atoms with Crippen molar-refractivity contribution in [2.75, 3.05) is 5.32 Å². The zero-order valence-corrected chi connectivity index (χ0v) is 15.6. The van der Waals surface area contributed by atoms with Gasteiger partial charge in [0, 0.05) is 35.6 Å². The third-order valence-corrected chi connectivity index (χ3v) is 4.81. The number of aromatic amines is 2. The Bertz CT molecular complexity index is 1150. The van der Waals surface area contributed by atoms with Crippen LogP contribution < -0.4 is 5.32 Å². The Morgan fingerprint density at radius 1 is 1.19 bits per heavy atom. The van der Waals surface area contributed by atoms with Gasteiger partial charge in [-0.3, -0.25) is 14.5 Å². The quantitative estimate of drug-likeness (QED) is 0.450. The summed E-state index contributed by atoms with van der Waals surface area (Å²) >= 11 is 5.34. The predicted molar refractivity (Wildman–Crippen MR) is 109 cm³/mol. The number of anilines is 1. The molecule has 0 unspecified atom stereocenters. The first-order chi connectivity index (χ1) is 13.1. The summed E-state index contributed by atoms with van der Waals surface area (Å²) < 4.78 is 2.36. The summed E-state index contributed by atoms with van der Waals surface area (Å²) in [7, 11) is 0. The molecule has 27 heavy (non-hydrogen) atoms. The first-order valence-electron chi connectivity index (χ1n) is 8.70. The van der Waals surface area contributed by atoms with Gasteiger partial charge in [-0.05, 0) is 37.3 Å². The van der Waals surface area contributed by atoms with E-state index in [0.717, 1.165) is 28.0 Å². The number of amides is 1. The molecule has 0 saturated heterocycles. The summed E-state index contributed by atoms with van der Waals surface area (Å²) in [5, 5.41) is 11.1. The van der Waals surface area contributed by atoms with E-state index in [4.69, 9.17) is 12.2 Å². The van der Waals surface area contributed by atoms with Crippen LogP contribution in [-0.2, 0) is 11.3 Å². The highest BCUT2D eigenvalue weighted by molar-refractivity contribution is 7.71. The second kappa shape index (κ2) is 7.20. The van der Waals surface area contributed by atoms with E-state index in [1.54, 1.807) is 0 Å². The molecule has 0 bridgehead atoms. The van der Waals surface area contributed by atoms with Crippen LogP contribution >= 0.6 is 12.2 Å². The van der Waals surface area contributed by atoms with Crippen LogP contribution in [0.5, 0.6) is 0 Å². The molecule has 1 amide bonds. The van der Waals surface area contributed by atoms with Crippen molar-refractivity contribution in [2.24, 2.45) is 0 Å². The molecule has 136 valence electrons. The Hall–Kier alpha value is -3.19. The fourth-order valence-corrected chi connectivity index (χ4v) is 3.29. The van der Waals surface area contributed by atoms with E-state index in [0.29, 0.717) is 17.7 Å². The largest absolute Gasteiger partial charge is 0.361 e. The van der Waals surface area contributed by atoms with E-state index in [2.05, 4.69) is 20.5 Å². The van der Waals surface area contributed by atoms with Crippen LogP contribution in [0.3, 0.4) is 0 Å². The zero-order valence-electron chi connectivity index (χ0n) is 14.8. The molecule has 2 aromatic heterocycles. The summed E-state index contributed by atoms with van der Waals surface area (Å²) in [4.78, 5) is 15.6. The van der Waals surface area contributed by atoms with Crippen LogP contribution in [0.2, 0.25) is 0 Å². The van der Waals surface area contributed by atoms with Gasteiger partial charge < -0.3 is 10.3 Å². The second-order valence-corrected chi connectivity index (χ2v) is 6.80. The molecule has 0 radical (unpaired) electrons. The molecule has 0 aliphatic heterocycles. The van der Waals surface area contributed by atoms with Gasteiger partial charge in [0.05, 0.1) is 5.69 Å². The van der Waals surface area contributed by atoms with Crippen LogP contribution in [0.25, 0.3) is 22.3 Å². The Morgan fingerprint density at radius 3 is 2.81 bits per heavy atom. The minimum absolute atomic E-state index is 0.0679. The average molecular weight is 377 g/mol. The number of rotatable bonds is 5. The third-order valence-electron chi connectivity index (χ3n) is 4.50. The van der Waals surface area contributed by atoms with Crippen molar-refractivity contribution in [2.45, 2.75) is 19.9 Å². The first kappa shape index (κ1) is 17.2. The van der Waals surface area contributed by atoms with Crippen LogP contribution in [0.15, 0.2) is 54.7 Å². The highest BCUT2D eigenvalue weighted by atomic mass is 32.1. The highest BCUT2D eigenvalue weighted by Gasteiger charge is 2.11. The van der Waals surface area contributed by atoms with E-state index in [1.807, 2.05) is 66.2 Å². The van der Waals surface area contributed by atoms with Gasteiger partial charge in [-0.2, -0.15) is 5.10 Å². The average Bonchev–Trinajstić information content (AvgIpc) is 3.28. The molecule has 0 atom stereocenters. The van der Waals surface area contributed by atoms with Crippen LogP contribution in [0, 0.1) is 11.7 Å². The maximum atomic E-state index is 12.5. The number of carbonyl (C=O) groups is 1. The molecule has 0 aliphatic carbocycles. The van der Waals surface area contributed by atoms with Gasteiger partial charge in [0.1, 0.15) is 0 Å². The van der Waals surface area contributed by atoms with Crippen molar-refractivity contribution < 1.29 is 4.79 Å². The molecule has 0 spiro atoms. The lowest BCUT2D eigenvalue weighted by Gasteiger charge is -2.09. The van der Waals surface area contributed by atoms with Crippen molar-refractivity contribution in [1.82, 2.24) is 19.7 Å². The standard InChI is InChI=1S/C20H19N5OS/c1-13-5-7-14(8-6-13)19-23-24-20(27)25(19)12-10-18(26)22-17-4-2-3-16-15(17)9-11-21-16/h2-9,11,21H,10,12H2,1H3,(H,22,26)(H,24,27). The Labute approximate surface area is 161 Å². The van der Waals surface area contributed by atoms with Gasteiger partial charge >= 0.3 is 0 Å². The molecule has 3 N–H and O–H groups in total. The topological polar surface area (TPSA) is 78.5 Å². The number of hydrogen-bond acceptors (Lipinski definition) is 3. The number of nitrogens with zero attached hydrogens (tertiary/aromatic N) is 2. The smallest absolute Gasteiger partial charge is 0.226 e. The lowest BCUT2D eigenvalue weighted by Crippen LogP contribution is -2.15. The van der Waals surface area contributed by atoms with E-state index in [-0.39, 0.29) is 5.91 Å². The molecular weight excluding hydrogens is 358 g/mol. The summed E-state index contributed by atoms with van der Waals surface area (Å²) in [6.07, 6.45) is 2.16. The maximum absolute atomic E-state index is 12.5. The molecule has 2 heterocycles. The lowest BCUT2D eigenvalue weighted by atomic mass is 10.1. The molecule has 0 saturated carbocycles. The minimum Gasteiger partial charge on any atom is -0.361 e. The fourth-order valence-electron chi connectivity index (χ4n) is 3.07. The number of nitrogens with one attached hydrogen (secondary N) is 3. The SMILES string of the molecule is Cc1ccc(-c2n[nH]c(=S)n2CCC(=O)Nc2cccc3[nH]ccc23)cc1. The van der Waals surface area contributed by atoms with Crippen molar-refractivity contribution in [3.63, 3.8) is 0 Å². The number of benzene rings is 2. The number of aromatic nitrogens is 4. The van der Waals surface area contributed by atoms with Gasteiger partial charge in [-0.15, -0.1) is 0 Å². The molecule has 4 rings (SSSR count). The van der Waals surface area contributed by atoms with Gasteiger partial charge in [0.15, 0.2) is 10.6 Å². The van der Waals surface area contributed by atoms with E-state index in [1.165, 1.54) is 5.56 Å². The maximum Gasteiger partial charge on any atom is 0.226 e. The Balaban J connectivity index is 1.50. The molecular formula is C20H19N5OS. The van der Waals surface area contributed by atoms with Crippen LogP contribution in [0.1, 0.15) is 12.0 Å². The van der Waals surface area contributed by atoms with Crippen LogP contribution in [0.4, 0.5) is 5.69 Å². The summed E-state index contributed by atoms with van der Waals surface area (Å²) in [6.45, 7) is 2.49. The zero-order chi connectivity index (χ0) is 18.8. The van der Waals surface area contributed by atoms with Gasteiger partial charge in [-0.25, -0.2) is 0 Å². The third kappa shape index (κ3) is 3.54. The number of aryl methyl sites for hydroxylation is 1. The normalized spacial score (nSPS) is 11.0. The minimum atomic E-state index is -0.0679. The van der Waals surface area contributed by atoms with E-state index >= 15 is 0 Å².